The van der Waals surface area contributed by atoms with E-state index in [4.69, 9.17) is 4.74 Å². The van der Waals surface area contributed by atoms with E-state index >= 15 is 0 Å². The minimum atomic E-state index is -0.268. The lowest BCUT2D eigenvalue weighted by Gasteiger charge is -2.04. The number of carbonyl (C=O) groups excluding carboxylic acids is 1. The van der Waals surface area contributed by atoms with E-state index in [-0.39, 0.29) is 18.1 Å². The molecule has 5 nitrogen and oxygen atoms in total. The quantitative estimate of drug-likeness (QED) is 0.690. The van der Waals surface area contributed by atoms with Crippen LogP contribution in [0.4, 0.5) is 0 Å². The van der Waals surface area contributed by atoms with Crippen LogP contribution in [-0.4, -0.2) is 15.9 Å². The first-order chi connectivity index (χ1) is 11.7. The highest BCUT2D eigenvalue weighted by molar-refractivity contribution is 7.17. The molecule has 6 heteroatoms. The maximum absolute atomic E-state index is 12.4. The number of carbonyl (C=O) groups is 1. The molecule has 0 atom stereocenters. The Hall–Kier alpha value is -2.47. The number of nitrogens with zero attached hydrogens (tertiary/aromatic N) is 1. The van der Waals surface area contributed by atoms with E-state index in [0.717, 1.165) is 24.0 Å². The molecule has 0 spiro atoms. The molecule has 0 aliphatic carbocycles. The van der Waals surface area contributed by atoms with Crippen molar-refractivity contribution in [3.05, 3.63) is 51.9 Å². The highest BCUT2D eigenvalue weighted by Crippen LogP contribution is 2.30. The number of rotatable bonds is 6. The monoisotopic (exact) mass is 342 g/mol. The summed E-state index contributed by atoms with van der Waals surface area (Å²) in [6.45, 7) is 2.01. The van der Waals surface area contributed by atoms with Gasteiger partial charge in [0.1, 0.15) is 17.3 Å². The normalized spacial score (nSPS) is 10.9. The number of hydrogen-bond donors (Lipinski definition) is 1. The van der Waals surface area contributed by atoms with Crippen molar-refractivity contribution in [2.45, 2.75) is 32.8 Å². The average Bonchev–Trinajstić information content (AvgIpc) is 3.03. The molecular formula is C18H18N2O3S. The van der Waals surface area contributed by atoms with Crippen LogP contribution in [0.1, 0.15) is 32.0 Å². The topological polar surface area (TPSA) is 72.0 Å². The summed E-state index contributed by atoms with van der Waals surface area (Å²) in [5.41, 5.74) is 1.64. The van der Waals surface area contributed by atoms with E-state index in [1.165, 1.54) is 11.3 Å². The van der Waals surface area contributed by atoms with Crippen molar-refractivity contribution in [2.75, 3.05) is 0 Å². The molecule has 0 saturated heterocycles. The van der Waals surface area contributed by atoms with Gasteiger partial charge in [0, 0.05) is 17.4 Å². The molecule has 0 unspecified atom stereocenters. The summed E-state index contributed by atoms with van der Waals surface area (Å²) in [7, 11) is 0. The Balaban J connectivity index is 1.85. The Kier molecular flexibility index (Phi) is 5.05. The molecule has 0 saturated carbocycles. The number of unbranched alkanes of at least 4 members (excludes halogenated alkanes) is 1. The number of thiophene rings is 1. The van der Waals surface area contributed by atoms with Gasteiger partial charge < -0.3 is 9.72 Å². The van der Waals surface area contributed by atoms with E-state index in [1.807, 2.05) is 42.6 Å². The van der Waals surface area contributed by atoms with Gasteiger partial charge in [0.15, 0.2) is 0 Å². The van der Waals surface area contributed by atoms with Crippen LogP contribution >= 0.6 is 11.3 Å². The molecule has 0 aliphatic rings. The number of hydrogen-bond acceptors (Lipinski definition) is 5. The van der Waals surface area contributed by atoms with Gasteiger partial charge in [0.05, 0.1) is 5.39 Å². The largest absolute Gasteiger partial charge is 0.458 e. The molecule has 3 aromatic rings. The minimum absolute atomic E-state index is 0.00764. The zero-order valence-electron chi connectivity index (χ0n) is 13.4. The molecule has 24 heavy (non-hydrogen) atoms. The first-order valence-corrected chi connectivity index (χ1v) is 8.78. The number of H-pyrrole nitrogens is 1. The Morgan fingerprint density at radius 3 is 2.83 bits per heavy atom. The third-order valence-electron chi connectivity index (χ3n) is 3.68. The zero-order valence-corrected chi connectivity index (χ0v) is 14.2. The molecule has 1 N–H and O–H groups in total. The number of fused-ring (bicyclic) bond motifs is 1. The maximum atomic E-state index is 12.4. The fourth-order valence-corrected chi connectivity index (χ4v) is 3.40. The Morgan fingerprint density at radius 1 is 1.29 bits per heavy atom. The van der Waals surface area contributed by atoms with Crippen molar-refractivity contribution < 1.29 is 9.53 Å². The van der Waals surface area contributed by atoms with E-state index in [0.29, 0.717) is 22.5 Å². The van der Waals surface area contributed by atoms with E-state index < -0.39 is 0 Å². The summed E-state index contributed by atoms with van der Waals surface area (Å²) >= 11 is 1.41. The first kappa shape index (κ1) is 16.4. The maximum Gasteiger partial charge on any atom is 0.306 e. The Labute approximate surface area is 143 Å². The molecule has 2 heterocycles. The van der Waals surface area contributed by atoms with E-state index in [9.17, 15) is 9.59 Å². The standard InChI is InChI=1S/C18H18N2O3S/c1-2-3-9-15(21)23-10-14-19-17(22)16-13(11-24-18(16)20-14)12-7-5-4-6-8-12/h4-8,11H,2-3,9-10H2,1H3,(H,19,20,22). The van der Waals surface area contributed by atoms with Crippen LogP contribution < -0.4 is 5.56 Å². The summed E-state index contributed by atoms with van der Waals surface area (Å²) in [5, 5.41) is 2.51. The summed E-state index contributed by atoms with van der Waals surface area (Å²) in [6, 6.07) is 9.73. The number of aromatic amines is 1. The van der Waals surface area contributed by atoms with Crippen LogP contribution in [0, 0.1) is 0 Å². The molecular weight excluding hydrogens is 324 g/mol. The second-order valence-corrected chi connectivity index (χ2v) is 6.33. The van der Waals surface area contributed by atoms with E-state index in [2.05, 4.69) is 9.97 Å². The van der Waals surface area contributed by atoms with Gasteiger partial charge >= 0.3 is 5.97 Å². The Morgan fingerprint density at radius 2 is 2.08 bits per heavy atom. The predicted octanol–water partition coefficient (Wildman–Crippen LogP) is 3.89. The fourth-order valence-electron chi connectivity index (χ4n) is 2.43. The smallest absolute Gasteiger partial charge is 0.306 e. The van der Waals surface area contributed by atoms with Crippen LogP contribution in [0.25, 0.3) is 21.3 Å². The van der Waals surface area contributed by atoms with Gasteiger partial charge in [-0.05, 0) is 12.0 Å². The van der Waals surface area contributed by atoms with Crippen molar-refractivity contribution >= 4 is 27.5 Å². The molecule has 2 aromatic heterocycles. The number of esters is 1. The second kappa shape index (κ2) is 7.40. The number of aromatic nitrogens is 2. The van der Waals surface area contributed by atoms with Gasteiger partial charge in [-0.15, -0.1) is 11.3 Å². The number of ether oxygens (including phenoxy) is 1. The van der Waals surface area contributed by atoms with Gasteiger partial charge in [0.25, 0.3) is 5.56 Å². The van der Waals surface area contributed by atoms with Crippen molar-refractivity contribution in [1.29, 1.82) is 0 Å². The summed E-state index contributed by atoms with van der Waals surface area (Å²) < 4.78 is 5.16. The summed E-state index contributed by atoms with van der Waals surface area (Å²) in [6.07, 6.45) is 2.13. The van der Waals surface area contributed by atoms with Gasteiger partial charge in [0.2, 0.25) is 0 Å². The van der Waals surface area contributed by atoms with Gasteiger partial charge in [-0.25, -0.2) is 4.98 Å². The summed E-state index contributed by atoms with van der Waals surface area (Å²) in [4.78, 5) is 31.8. The summed E-state index contributed by atoms with van der Waals surface area (Å²) in [5.74, 6) is 0.106. The van der Waals surface area contributed by atoms with Crippen LogP contribution in [0.15, 0.2) is 40.5 Å². The lowest BCUT2D eigenvalue weighted by molar-refractivity contribution is -0.145. The molecule has 0 bridgehead atoms. The van der Waals surface area contributed by atoms with Crippen molar-refractivity contribution in [1.82, 2.24) is 9.97 Å². The van der Waals surface area contributed by atoms with E-state index in [1.54, 1.807) is 0 Å². The Bertz CT molecular complexity index is 900. The third-order valence-corrected chi connectivity index (χ3v) is 4.55. The van der Waals surface area contributed by atoms with Crippen LogP contribution in [0.5, 0.6) is 0 Å². The van der Waals surface area contributed by atoms with Gasteiger partial charge in [-0.1, -0.05) is 43.7 Å². The second-order valence-electron chi connectivity index (χ2n) is 5.47. The molecule has 0 fully saturated rings. The van der Waals surface area contributed by atoms with Crippen molar-refractivity contribution in [3.8, 4) is 11.1 Å². The SMILES string of the molecule is CCCCC(=O)OCc1nc2scc(-c3ccccc3)c2c(=O)[nH]1. The fraction of sp³-hybridized carbons (Fsp3) is 0.278. The number of nitrogens with one attached hydrogen (secondary N) is 1. The lowest BCUT2D eigenvalue weighted by atomic mass is 10.1. The minimum Gasteiger partial charge on any atom is -0.458 e. The number of benzene rings is 1. The molecule has 124 valence electrons. The van der Waals surface area contributed by atoms with Crippen molar-refractivity contribution in [3.63, 3.8) is 0 Å². The average molecular weight is 342 g/mol. The zero-order chi connectivity index (χ0) is 16.9. The molecule has 0 aliphatic heterocycles. The van der Waals surface area contributed by atoms with Crippen LogP contribution in [-0.2, 0) is 16.1 Å². The van der Waals surface area contributed by atoms with Crippen LogP contribution in [0.3, 0.4) is 0 Å². The first-order valence-electron chi connectivity index (χ1n) is 7.90. The van der Waals surface area contributed by atoms with Crippen molar-refractivity contribution in [2.24, 2.45) is 0 Å². The third kappa shape index (κ3) is 3.54. The molecule has 0 radical (unpaired) electrons. The van der Waals surface area contributed by atoms with Gasteiger partial charge in [-0.3, -0.25) is 9.59 Å². The molecule has 1 aromatic carbocycles. The predicted molar refractivity (Wildman–Crippen MR) is 95.0 cm³/mol. The lowest BCUT2D eigenvalue weighted by Crippen LogP contribution is -2.14. The van der Waals surface area contributed by atoms with Crippen LogP contribution in [0.2, 0.25) is 0 Å². The molecule has 0 amide bonds. The highest BCUT2D eigenvalue weighted by atomic mass is 32.1. The van der Waals surface area contributed by atoms with Gasteiger partial charge in [-0.2, -0.15) is 0 Å². The highest BCUT2D eigenvalue weighted by Gasteiger charge is 2.13. The molecule has 3 rings (SSSR count).